The van der Waals surface area contributed by atoms with Gasteiger partial charge < -0.3 is 14.5 Å². The van der Waals surface area contributed by atoms with Crippen LogP contribution in [0.5, 0.6) is 5.75 Å². The van der Waals surface area contributed by atoms with Gasteiger partial charge in [-0.25, -0.2) is 4.68 Å². The van der Waals surface area contributed by atoms with Crippen LogP contribution in [0.15, 0.2) is 59.4 Å². The van der Waals surface area contributed by atoms with Crippen LogP contribution in [0.25, 0.3) is 10.9 Å². The number of nitrogens with zero attached hydrogens (tertiary/aromatic N) is 5. The van der Waals surface area contributed by atoms with Gasteiger partial charge in [0.1, 0.15) is 5.75 Å². The Bertz CT molecular complexity index is 1350. The molecular formula is C27H32N6O3. The van der Waals surface area contributed by atoms with Crippen LogP contribution < -0.4 is 10.3 Å². The molecule has 0 radical (unpaired) electrons. The quantitative estimate of drug-likeness (QED) is 0.362. The van der Waals surface area contributed by atoms with Gasteiger partial charge in [-0.15, -0.1) is 5.10 Å². The van der Waals surface area contributed by atoms with Crippen molar-refractivity contribution in [2.75, 3.05) is 13.7 Å². The first-order valence-corrected chi connectivity index (χ1v) is 12.5. The summed E-state index contributed by atoms with van der Waals surface area (Å²) in [6, 6.07) is 17.8. The lowest BCUT2D eigenvalue weighted by atomic mass is 10.1. The average Bonchev–Trinajstić information content (AvgIpc) is 3.58. The molecule has 0 unspecified atom stereocenters. The number of benzene rings is 2. The monoisotopic (exact) mass is 488 g/mol. The van der Waals surface area contributed by atoms with E-state index in [1.165, 1.54) is 0 Å². The molecule has 1 fully saturated rings. The molecule has 36 heavy (non-hydrogen) atoms. The van der Waals surface area contributed by atoms with E-state index in [0.29, 0.717) is 25.2 Å². The lowest BCUT2D eigenvalue weighted by molar-refractivity contribution is 0.0888. The molecule has 188 valence electrons. The minimum atomic E-state index is -0.0977. The SMILES string of the molecule is CC[C@H](c1nnnn1C[C@H]1CCCO1)N(Cc1ccccc1)Cc1cc2cc(OC)ccc2[nH]c1=O. The molecular weight excluding hydrogens is 456 g/mol. The van der Waals surface area contributed by atoms with Crippen molar-refractivity contribution < 1.29 is 9.47 Å². The van der Waals surface area contributed by atoms with Crippen LogP contribution in [-0.2, 0) is 24.4 Å². The first-order chi connectivity index (χ1) is 17.6. The molecule has 0 spiro atoms. The van der Waals surface area contributed by atoms with E-state index < -0.39 is 0 Å². The molecule has 0 aliphatic carbocycles. The topological polar surface area (TPSA) is 98.2 Å². The van der Waals surface area contributed by atoms with E-state index in [-0.39, 0.29) is 17.7 Å². The Balaban J connectivity index is 1.50. The van der Waals surface area contributed by atoms with Crippen molar-refractivity contribution in [3.63, 3.8) is 0 Å². The third-order valence-corrected chi connectivity index (χ3v) is 6.82. The second-order valence-electron chi connectivity index (χ2n) is 9.25. The van der Waals surface area contributed by atoms with Crippen LogP contribution >= 0.6 is 0 Å². The molecule has 2 aromatic carbocycles. The third-order valence-electron chi connectivity index (χ3n) is 6.82. The van der Waals surface area contributed by atoms with Gasteiger partial charge in [-0.3, -0.25) is 9.69 Å². The molecule has 9 heteroatoms. The smallest absolute Gasteiger partial charge is 0.252 e. The van der Waals surface area contributed by atoms with Crippen molar-refractivity contribution in [1.29, 1.82) is 0 Å². The van der Waals surface area contributed by atoms with Crippen molar-refractivity contribution in [1.82, 2.24) is 30.1 Å². The highest BCUT2D eigenvalue weighted by Crippen LogP contribution is 2.28. The fourth-order valence-corrected chi connectivity index (χ4v) is 4.95. The largest absolute Gasteiger partial charge is 0.497 e. The van der Waals surface area contributed by atoms with E-state index in [1.54, 1.807) is 7.11 Å². The number of fused-ring (bicyclic) bond motifs is 1. The summed E-state index contributed by atoms with van der Waals surface area (Å²) in [5.41, 5.74) is 2.53. The van der Waals surface area contributed by atoms with Gasteiger partial charge in [0.25, 0.3) is 5.56 Å². The minimum Gasteiger partial charge on any atom is -0.497 e. The molecule has 3 heterocycles. The van der Waals surface area contributed by atoms with Crippen molar-refractivity contribution >= 4 is 10.9 Å². The average molecular weight is 489 g/mol. The second-order valence-corrected chi connectivity index (χ2v) is 9.25. The number of hydrogen-bond donors (Lipinski definition) is 1. The number of methoxy groups -OCH3 is 1. The van der Waals surface area contributed by atoms with Crippen molar-refractivity contribution in [3.05, 3.63) is 81.9 Å². The van der Waals surface area contributed by atoms with Gasteiger partial charge in [0, 0.05) is 36.2 Å². The van der Waals surface area contributed by atoms with Crippen LogP contribution in [0.3, 0.4) is 0 Å². The molecule has 0 amide bonds. The van der Waals surface area contributed by atoms with E-state index in [9.17, 15) is 4.79 Å². The first kappa shape index (κ1) is 24.1. The summed E-state index contributed by atoms with van der Waals surface area (Å²) in [4.78, 5) is 18.4. The Morgan fingerprint density at radius 2 is 2.06 bits per heavy atom. The summed E-state index contributed by atoms with van der Waals surface area (Å²) < 4.78 is 13.1. The Morgan fingerprint density at radius 3 is 2.81 bits per heavy atom. The highest BCUT2D eigenvalue weighted by Gasteiger charge is 2.28. The van der Waals surface area contributed by atoms with Crippen LogP contribution in [0.2, 0.25) is 0 Å². The Kier molecular flexibility index (Phi) is 7.39. The van der Waals surface area contributed by atoms with E-state index in [4.69, 9.17) is 9.47 Å². The zero-order chi connectivity index (χ0) is 24.9. The minimum absolute atomic E-state index is 0.0815. The predicted octanol–water partition coefficient (Wildman–Crippen LogP) is 3.86. The predicted molar refractivity (Wildman–Crippen MR) is 137 cm³/mol. The van der Waals surface area contributed by atoms with E-state index >= 15 is 0 Å². The highest BCUT2D eigenvalue weighted by atomic mass is 16.5. The lowest BCUT2D eigenvalue weighted by Gasteiger charge is -2.30. The van der Waals surface area contributed by atoms with Crippen molar-refractivity contribution in [2.24, 2.45) is 0 Å². The summed E-state index contributed by atoms with van der Waals surface area (Å²) in [5, 5.41) is 13.7. The van der Waals surface area contributed by atoms with E-state index in [2.05, 4.69) is 44.5 Å². The number of tetrazole rings is 1. The van der Waals surface area contributed by atoms with Gasteiger partial charge in [-0.2, -0.15) is 0 Å². The summed E-state index contributed by atoms with van der Waals surface area (Å²) in [7, 11) is 1.64. The number of aromatic amines is 1. The fourth-order valence-electron chi connectivity index (χ4n) is 4.95. The summed E-state index contributed by atoms with van der Waals surface area (Å²) in [6.45, 7) is 4.65. The molecule has 0 saturated carbocycles. The van der Waals surface area contributed by atoms with Gasteiger partial charge in [0.2, 0.25) is 0 Å². The third kappa shape index (κ3) is 5.32. The molecule has 2 aromatic heterocycles. The number of aromatic nitrogens is 5. The molecule has 1 saturated heterocycles. The van der Waals surface area contributed by atoms with Crippen molar-refractivity contribution in [3.8, 4) is 5.75 Å². The standard InChI is InChI=1S/C27H32N6O3/c1-3-25(26-29-30-31-33(26)18-23-10-7-13-36-23)32(16-19-8-5-4-6-9-19)17-21-14-20-15-22(35-2)11-12-24(20)28-27(21)34/h4-6,8-9,11-12,14-15,23,25H,3,7,10,13,16-18H2,1-2H3,(H,28,34)/t23-,25-/m1/s1. The zero-order valence-electron chi connectivity index (χ0n) is 20.8. The Hall–Kier alpha value is -3.56. The Morgan fingerprint density at radius 1 is 1.19 bits per heavy atom. The van der Waals surface area contributed by atoms with E-state index in [1.807, 2.05) is 47.1 Å². The van der Waals surface area contributed by atoms with Gasteiger partial charge in [0.05, 0.1) is 25.8 Å². The first-order valence-electron chi connectivity index (χ1n) is 12.5. The van der Waals surface area contributed by atoms with Gasteiger partial charge in [0.15, 0.2) is 5.82 Å². The summed E-state index contributed by atoms with van der Waals surface area (Å²) >= 11 is 0. The van der Waals surface area contributed by atoms with Crippen molar-refractivity contribution in [2.45, 2.75) is 58.0 Å². The number of ether oxygens (including phenoxy) is 2. The van der Waals surface area contributed by atoms with Crippen LogP contribution in [0, 0.1) is 0 Å². The Labute approximate surface area is 210 Å². The van der Waals surface area contributed by atoms with Crippen LogP contribution in [0.4, 0.5) is 0 Å². The lowest BCUT2D eigenvalue weighted by Crippen LogP contribution is -2.33. The number of nitrogens with one attached hydrogen (secondary N) is 1. The number of H-pyrrole nitrogens is 1. The normalized spacial score (nSPS) is 16.6. The molecule has 5 rings (SSSR count). The van der Waals surface area contributed by atoms with Crippen LogP contribution in [0.1, 0.15) is 49.2 Å². The zero-order valence-corrected chi connectivity index (χ0v) is 20.8. The van der Waals surface area contributed by atoms with Gasteiger partial charge in [-0.1, -0.05) is 37.3 Å². The highest BCUT2D eigenvalue weighted by molar-refractivity contribution is 5.80. The molecule has 0 bridgehead atoms. The van der Waals surface area contributed by atoms with Crippen LogP contribution in [-0.4, -0.2) is 49.9 Å². The summed E-state index contributed by atoms with van der Waals surface area (Å²) in [6.07, 6.45) is 3.00. The molecule has 4 aromatic rings. The molecule has 2 atom stereocenters. The second kappa shape index (κ2) is 11.0. The number of hydrogen-bond acceptors (Lipinski definition) is 7. The molecule has 1 aliphatic rings. The molecule has 1 aliphatic heterocycles. The van der Waals surface area contributed by atoms with E-state index in [0.717, 1.165) is 53.9 Å². The molecule has 9 nitrogen and oxygen atoms in total. The van der Waals surface area contributed by atoms with Gasteiger partial charge >= 0.3 is 0 Å². The fraction of sp³-hybridized carbons (Fsp3) is 0.407. The van der Waals surface area contributed by atoms with Gasteiger partial charge in [-0.05, 0) is 59.5 Å². The maximum absolute atomic E-state index is 13.1. The maximum Gasteiger partial charge on any atom is 0.252 e. The maximum atomic E-state index is 13.1. The summed E-state index contributed by atoms with van der Waals surface area (Å²) in [5.74, 6) is 1.55. The molecule has 1 N–H and O–H groups in total. The number of rotatable bonds is 10. The number of pyridine rings is 1.